The molecule has 0 spiro atoms. The number of nitrogens with one attached hydrogen (secondary N) is 1. The molecule has 0 aliphatic carbocycles. The molecule has 0 saturated heterocycles. The highest BCUT2D eigenvalue weighted by Crippen LogP contribution is 2.23. The van der Waals surface area contributed by atoms with Gasteiger partial charge in [0.25, 0.3) is 0 Å². The Morgan fingerprint density at radius 2 is 1.89 bits per heavy atom. The molecule has 0 fully saturated rings. The highest BCUT2D eigenvalue weighted by molar-refractivity contribution is 9.10. The molecule has 2 N–H and O–H groups in total. The maximum absolute atomic E-state index is 12.1. The molecule has 19 heavy (non-hydrogen) atoms. The van der Waals surface area contributed by atoms with E-state index in [2.05, 4.69) is 20.7 Å². The molecule has 0 aliphatic rings. The third-order valence-corrected chi connectivity index (χ3v) is 5.87. The van der Waals surface area contributed by atoms with E-state index in [1.165, 1.54) is 23.5 Å². The lowest BCUT2D eigenvalue weighted by Gasteiger charge is -2.06. The van der Waals surface area contributed by atoms with Gasteiger partial charge in [-0.3, -0.25) is 0 Å². The van der Waals surface area contributed by atoms with Gasteiger partial charge in [-0.2, -0.15) is 0 Å². The molecule has 2 rings (SSSR count). The fourth-order valence-corrected chi connectivity index (χ4v) is 3.99. The summed E-state index contributed by atoms with van der Waals surface area (Å²) in [5.41, 5.74) is 0.681. The van der Waals surface area contributed by atoms with Crippen molar-refractivity contribution in [3.05, 3.63) is 50.6 Å². The quantitative estimate of drug-likeness (QED) is 0.859. The molecular weight excluding hydrogens is 350 g/mol. The number of thiophene rings is 1. The summed E-state index contributed by atoms with van der Waals surface area (Å²) in [7, 11) is -3.52. The van der Waals surface area contributed by atoms with E-state index in [0.29, 0.717) is 5.56 Å². The Morgan fingerprint density at radius 3 is 2.42 bits per heavy atom. The largest absolute Gasteiger partial charge is 0.392 e. The Hall–Kier alpha value is -0.730. The normalized spacial score (nSPS) is 11.7. The van der Waals surface area contributed by atoms with Crippen molar-refractivity contribution in [1.82, 2.24) is 4.72 Å². The van der Waals surface area contributed by atoms with Crippen molar-refractivity contribution in [2.45, 2.75) is 18.0 Å². The minimum absolute atomic E-state index is 0.101. The van der Waals surface area contributed by atoms with Crippen molar-refractivity contribution in [2.75, 3.05) is 0 Å². The van der Waals surface area contributed by atoms with Crippen molar-refractivity contribution in [2.24, 2.45) is 0 Å². The second-order valence-corrected chi connectivity index (χ2v) is 7.44. The van der Waals surface area contributed by atoms with Crippen LogP contribution in [0.1, 0.15) is 10.4 Å². The van der Waals surface area contributed by atoms with Crippen LogP contribution >= 0.6 is 27.3 Å². The summed E-state index contributed by atoms with van der Waals surface area (Å²) < 4.78 is 27.6. The first-order chi connectivity index (χ1) is 9.03. The third-order valence-electron chi connectivity index (χ3n) is 2.53. The number of aliphatic hydroxyl groups is 1. The molecule has 0 saturated carbocycles. The number of hydrogen-bond acceptors (Lipinski definition) is 4. The van der Waals surface area contributed by atoms with E-state index >= 15 is 0 Å². The Bertz CT molecular complexity index is 650. The number of halogens is 1. The van der Waals surface area contributed by atoms with Crippen LogP contribution in [0.5, 0.6) is 0 Å². The standard InChI is InChI=1S/C12H12BrNO3S2/c13-11-5-6-18-12(11)7-14-19(16,17)10-3-1-9(8-15)2-4-10/h1-6,14-15H,7-8H2. The Morgan fingerprint density at radius 1 is 1.21 bits per heavy atom. The van der Waals surface area contributed by atoms with E-state index in [9.17, 15) is 8.42 Å². The molecule has 102 valence electrons. The van der Waals surface area contributed by atoms with Gasteiger partial charge in [-0.15, -0.1) is 11.3 Å². The Kier molecular flexibility index (Phi) is 4.75. The predicted octanol–water partition coefficient (Wildman–Crippen LogP) is 2.48. The number of benzene rings is 1. The average Bonchev–Trinajstić information content (AvgIpc) is 2.82. The summed E-state index contributed by atoms with van der Waals surface area (Å²) in [6.45, 7) is 0.151. The SMILES string of the molecule is O=S(=O)(NCc1sccc1Br)c1ccc(CO)cc1. The minimum Gasteiger partial charge on any atom is -0.392 e. The van der Waals surface area contributed by atoms with Crippen LogP contribution in [0.2, 0.25) is 0 Å². The molecule has 0 bridgehead atoms. The second-order valence-electron chi connectivity index (χ2n) is 3.82. The lowest BCUT2D eigenvalue weighted by Crippen LogP contribution is -2.22. The van der Waals surface area contributed by atoms with Gasteiger partial charge in [0.05, 0.1) is 11.5 Å². The van der Waals surface area contributed by atoms with Gasteiger partial charge in [-0.05, 0) is 45.1 Å². The van der Waals surface area contributed by atoms with E-state index in [1.807, 2.05) is 11.4 Å². The maximum Gasteiger partial charge on any atom is 0.240 e. The van der Waals surface area contributed by atoms with Crippen LogP contribution in [0.3, 0.4) is 0 Å². The first kappa shape index (κ1) is 14.7. The van der Waals surface area contributed by atoms with Crippen LogP contribution in [0.25, 0.3) is 0 Å². The Balaban J connectivity index is 2.11. The van der Waals surface area contributed by atoms with Gasteiger partial charge >= 0.3 is 0 Å². The van der Waals surface area contributed by atoms with Crippen LogP contribution in [0.15, 0.2) is 45.1 Å². The van der Waals surface area contributed by atoms with Gasteiger partial charge in [-0.1, -0.05) is 12.1 Å². The zero-order chi connectivity index (χ0) is 13.9. The van der Waals surface area contributed by atoms with Crippen LogP contribution in [-0.2, 0) is 23.2 Å². The van der Waals surface area contributed by atoms with Crippen molar-refractivity contribution >= 4 is 37.3 Å². The van der Waals surface area contributed by atoms with E-state index in [1.54, 1.807) is 12.1 Å². The molecule has 4 nitrogen and oxygen atoms in total. The summed E-state index contributed by atoms with van der Waals surface area (Å²) in [5, 5.41) is 10.8. The minimum atomic E-state index is -3.52. The van der Waals surface area contributed by atoms with Crippen LogP contribution in [-0.4, -0.2) is 13.5 Å². The van der Waals surface area contributed by atoms with Crippen molar-refractivity contribution in [1.29, 1.82) is 0 Å². The van der Waals surface area contributed by atoms with Crippen LogP contribution in [0, 0.1) is 0 Å². The third kappa shape index (κ3) is 3.64. The number of sulfonamides is 1. The topological polar surface area (TPSA) is 66.4 Å². The van der Waals surface area contributed by atoms with Gasteiger partial charge in [-0.25, -0.2) is 13.1 Å². The number of hydrogen-bond donors (Lipinski definition) is 2. The smallest absolute Gasteiger partial charge is 0.240 e. The van der Waals surface area contributed by atoms with E-state index in [0.717, 1.165) is 9.35 Å². The average molecular weight is 362 g/mol. The van der Waals surface area contributed by atoms with Gasteiger partial charge in [0.15, 0.2) is 0 Å². The van der Waals surface area contributed by atoms with Crippen molar-refractivity contribution in [3.63, 3.8) is 0 Å². The molecule has 0 unspecified atom stereocenters. The summed E-state index contributed by atoms with van der Waals surface area (Å²) in [5.74, 6) is 0. The molecular formula is C12H12BrNO3S2. The van der Waals surface area contributed by atoms with Gasteiger partial charge < -0.3 is 5.11 Å². The first-order valence-corrected chi connectivity index (χ1v) is 8.60. The Labute approximate surface area is 124 Å². The zero-order valence-electron chi connectivity index (χ0n) is 9.84. The molecule has 0 aliphatic heterocycles. The first-order valence-electron chi connectivity index (χ1n) is 5.44. The molecule has 1 aromatic heterocycles. The summed E-state index contributed by atoms with van der Waals surface area (Å²) in [4.78, 5) is 1.12. The van der Waals surface area contributed by atoms with Gasteiger partial charge in [0.2, 0.25) is 10.0 Å². The van der Waals surface area contributed by atoms with Crippen LogP contribution < -0.4 is 4.72 Å². The summed E-state index contributed by atoms with van der Waals surface area (Å²) in [6.07, 6.45) is 0. The maximum atomic E-state index is 12.1. The lowest BCUT2D eigenvalue weighted by atomic mass is 10.2. The monoisotopic (exact) mass is 361 g/mol. The van der Waals surface area contributed by atoms with E-state index < -0.39 is 10.0 Å². The molecule has 1 heterocycles. The number of rotatable bonds is 5. The van der Waals surface area contributed by atoms with E-state index in [4.69, 9.17) is 5.11 Å². The second kappa shape index (κ2) is 6.15. The molecule has 0 atom stereocenters. The fourth-order valence-electron chi connectivity index (χ4n) is 1.47. The highest BCUT2D eigenvalue weighted by Gasteiger charge is 2.14. The predicted molar refractivity (Wildman–Crippen MR) is 78.4 cm³/mol. The van der Waals surface area contributed by atoms with E-state index in [-0.39, 0.29) is 18.0 Å². The highest BCUT2D eigenvalue weighted by atomic mass is 79.9. The molecule has 1 aromatic carbocycles. The summed E-state index contributed by atoms with van der Waals surface area (Å²) >= 11 is 4.84. The fraction of sp³-hybridized carbons (Fsp3) is 0.167. The zero-order valence-corrected chi connectivity index (χ0v) is 13.1. The van der Waals surface area contributed by atoms with Crippen molar-refractivity contribution in [3.8, 4) is 0 Å². The van der Waals surface area contributed by atoms with Gasteiger partial charge in [0, 0.05) is 15.9 Å². The van der Waals surface area contributed by atoms with Crippen molar-refractivity contribution < 1.29 is 13.5 Å². The summed E-state index contributed by atoms with van der Waals surface area (Å²) in [6, 6.07) is 8.03. The molecule has 2 aromatic rings. The lowest BCUT2D eigenvalue weighted by molar-refractivity contribution is 0.282. The molecule has 0 amide bonds. The molecule has 0 radical (unpaired) electrons. The molecule has 7 heteroatoms. The van der Waals surface area contributed by atoms with Gasteiger partial charge in [0.1, 0.15) is 0 Å². The van der Waals surface area contributed by atoms with Crippen LogP contribution in [0.4, 0.5) is 0 Å². The number of aliphatic hydroxyl groups excluding tert-OH is 1.